The summed E-state index contributed by atoms with van der Waals surface area (Å²) < 4.78 is 5.89. The molecular weight excluding hydrogens is 362 g/mol. The first-order valence-electron chi connectivity index (χ1n) is 10.7. The van der Waals surface area contributed by atoms with E-state index in [-0.39, 0.29) is 18.1 Å². The van der Waals surface area contributed by atoms with Crippen LogP contribution in [0.1, 0.15) is 44.4 Å². The summed E-state index contributed by atoms with van der Waals surface area (Å²) in [5.41, 5.74) is 5.61. The second-order valence-electron chi connectivity index (χ2n) is 8.61. The third kappa shape index (κ3) is 5.15. The number of aryl methyl sites for hydroxylation is 1. The van der Waals surface area contributed by atoms with E-state index in [9.17, 15) is 4.79 Å². The molecule has 5 heteroatoms. The molecule has 2 unspecified atom stereocenters. The van der Waals surface area contributed by atoms with Crippen molar-refractivity contribution in [1.29, 1.82) is 0 Å². The van der Waals surface area contributed by atoms with Gasteiger partial charge in [-0.25, -0.2) is 0 Å². The van der Waals surface area contributed by atoms with E-state index >= 15 is 0 Å². The first-order valence-corrected chi connectivity index (χ1v) is 10.7. The predicted octanol–water partition coefficient (Wildman–Crippen LogP) is 4.09. The summed E-state index contributed by atoms with van der Waals surface area (Å²) >= 11 is 0. The smallest absolute Gasteiger partial charge is 0.220 e. The molecule has 29 heavy (non-hydrogen) atoms. The lowest BCUT2D eigenvalue weighted by atomic mass is 9.98. The highest BCUT2D eigenvalue weighted by Gasteiger charge is 2.25. The van der Waals surface area contributed by atoms with Gasteiger partial charge in [0.05, 0.1) is 12.2 Å². The maximum absolute atomic E-state index is 12.3. The second kappa shape index (κ2) is 8.54. The molecule has 2 aromatic rings. The lowest BCUT2D eigenvalue weighted by molar-refractivity contribution is -0.121. The molecule has 4 rings (SSSR count). The van der Waals surface area contributed by atoms with Crippen molar-refractivity contribution in [3.8, 4) is 11.1 Å². The van der Waals surface area contributed by atoms with Gasteiger partial charge in [-0.2, -0.15) is 0 Å². The second-order valence-corrected chi connectivity index (χ2v) is 8.61. The van der Waals surface area contributed by atoms with Crippen LogP contribution in [-0.2, 0) is 16.1 Å². The SMILES string of the molecule is Cc1cc(-c2ccc(N3CC(C)OC(C)C3)cc2CNC(=O)CC2CC2)ccn1. The number of benzene rings is 1. The lowest BCUT2D eigenvalue weighted by Gasteiger charge is -2.37. The normalized spacial score (nSPS) is 21.8. The Morgan fingerprint density at radius 2 is 1.93 bits per heavy atom. The minimum Gasteiger partial charge on any atom is -0.372 e. The molecule has 154 valence electrons. The number of hydrogen-bond donors (Lipinski definition) is 1. The van der Waals surface area contributed by atoms with Crippen molar-refractivity contribution in [3.05, 3.63) is 47.8 Å². The largest absolute Gasteiger partial charge is 0.372 e. The van der Waals surface area contributed by atoms with Gasteiger partial charge in [0.25, 0.3) is 0 Å². The van der Waals surface area contributed by atoms with Crippen LogP contribution in [0, 0.1) is 12.8 Å². The van der Waals surface area contributed by atoms with Crippen molar-refractivity contribution in [2.45, 2.75) is 58.8 Å². The number of anilines is 1. The van der Waals surface area contributed by atoms with Crippen LogP contribution in [0.3, 0.4) is 0 Å². The van der Waals surface area contributed by atoms with Crippen LogP contribution in [0.25, 0.3) is 11.1 Å². The Morgan fingerprint density at radius 3 is 2.62 bits per heavy atom. The summed E-state index contributed by atoms with van der Waals surface area (Å²) in [6.07, 6.45) is 5.31. The standard InChI is InChI=1S/C24H31N3O2/c1-16-10-20(8-9-25-16)23-7-6-22(27-14-17(2)29-18(3)15-27)12-21(23)13-26-24(28)11-19-4-5-19/h6-10,12,17-19H,4-5,11,13-15H2,1-3H3,(H,26,28). The molecule has 5 nitrogen and oxygen atoms in total. The third-order valence-electron chi connectivity index (χ3n) is 5.73. The molecule has 0 radical (unpaired) electrons. The summed E-state index contributed by atoms with van der Waals surface area (Å²) in [5.74, 6) is 0.753. The van der Waals surface area contributed by atoms with Gasteiger partial charge < -0.3 is 15.0 Å². The summed E-state index contributed by atoms with van der Waals surface area (Å²) in [7, 11) is 0. The molecule has 1 aliphatic carbocycles. The van der Waals surface area contributed by atoms with Crippen LogP contribution >= 0.6 is 0 Å². The molecular formula is C24H31N3O2. The third-order valence-corrected chi connectivity index (χ3v) is 5.73. The first-order chi connectivity index (χ1) is 14.0. The fourth-order valence-corrected chi connectivity index (χ4v) is 4.16. The first kappa shape index (κ1) is 19.9. The van der Waals surface area contributed by atoms with Gasteiger partial charge >= 0.3 is 0 Å². The molecule has 0 spiro atoms. The van der Waals surface area contributed by atoms with Gasteiger partial charge in [0, 0.05) is 43.6 Å². The molecule has 1 aromatic heterocycles. The molecule has 2 aliphatic rings. The molecule has 2 heterocycles. The van der Waals surface area contributed by atoms with Crippen molar-refractivity contribution in [3.63, 3.8) is 0 Å². The van der Waals surface area contributed by atoms with Crippen molar-refractivity contribution in [1.82, 2.24) is 10.3 Å². The summed E-state index contributed by atoms with van der Waals surface area (Å²) in [4.78, 5) is 19.0. The molecule has 1 amide bonds. The van der Waals surface area contributed by atoms with E-state index in [0.29, 0.717) is 18.9 Å². The van der Waals surface area contributed by atoms with E-state index in [2.05, 4.69) is 53.3 Å². The van der Waals surface area contributed by atoms with Crippen LogP contribution in [-0.4, -0.2) is 36.2 Å². The number of nitrogens with zero attached hydrogens (tertiary/aromatic N) is 2. The highest BCUT2D eigenvalue weighted by Crippen LogP contribution is 2.33. The van der Waals surface area contributed by atoms with E-state index in [4.69, 9.17) is 4.74 Å². The molecule has 1 aromatic carbocycles. The summed E-state index contributed by atoms with van der Waals surface area (Å²) in [6, 6.07) is 10.7. The number of nitrogens with one attached hydrogen (secondary N) is 1. The van der Waals surface area contributed by atoms with Gasteiger partial charge in [0.1, 0.15) is 0 Å². The van der Waals surface area contributed by atoms with E-state index in [1.165, 1.54) is 18.5 Å². The summed E-state index contributed by atoms with van der Waals surface area (Å²) in [6.45, 7) is 8.56. The van der Waals surface area contributed by atoms with Crippen molar-refractivity contribution >= 4 is 11.6 Å². The van der Waals surface area contributed by atoms with E-state index in [1.807, 2.05) is 19.2 Å². The van der Waals surface area contributed by atoms with Crippen LogP contribution < -0.4 is 10.2 Å². The van der Waals surface area contributed by atoms with E-state index < -0.39 is 0 Å². The minimum atomic E-state index is 0.156. The average Bonchev–Trinajstić information content (AvgIpc) is 3.49. The number of pyridine rings is 1. The number of aromatic nitrogens is 1. The zero-order valence-corrected chi connectivity index (χ0v) is 17.6. The van der Waals surface area contributed by atoms with Gasteiger partial charge in [-0.1, -0.05) is 6.07 Å². The molecule has 1 N–H and O–H groups in total. The number of rotatable bonds is 6. The van der Waals surface area contributed by atoms with Crippen LogP contribution in [0.5, 0.6) is 0 Å². The van der Waals surface area contributed by atoms with Gasteiger partial charge in [-0.3, -0.25) is 9.78 Å². The highest BCUT2D eigenvalue weighted by molar-refractivity contribution is 5.77. The van der Waals surface area contributed by atoms with Gasteiger partial charge in [-0.15, -0.1) is 0 Å². The van der Waals surface area contributed by atoms with E-state index in [0.717, 1.165) is 35.5 Å². The monoisotopic (exact) mass is 393 g/mol. The molecule has 2 fully saturated rings. The molecule has 1 aliphatic heterocycles. The van der Waals surface area contributed by atoms with Gasteiger partial charge in [-0.05, 0) is 80.5 Å². The number of carbonyl (C=O) groups is 1. The van der Waals surface area contributed by atoms with Crippen molar-refractivity contribution in [2.75, 3.05) is 18.0 Å². The maximum Gasteiger partial charge on any atom is 0.220 e. The topological polar surface area (TPSA) is 54.5 Å². The average molecular weight is 394 g/mol. The number of ether oxygens (including phenoxy) is 1. The molecule has 1 saturated carbocycles. The fourth-order valence-electron chi connectivity index (χ4n) is 4.16. The Morgan fingerprint density at radius 1 is 1.17 bits per heavy atom. The highest BCUT2D eigenvalue weighted by atomic mass is 16.5. The zero-order chi connectivity index (χ0) is 20.4. The van der Waals surface area contributed by atoms with Crippen LogP contribution in [0.2, 0.25) is 0 Å². The number of amides is 1. The van der Waals surface area contributed by atoms with Crippen molar-refractivity contribution < 1.29 is 9.53 Å². The maximum atomic E-state index is 12.3. The number of carbonyl (C=O) groups excluding carboxylic acids is 1. The molecule has 0 bridgehead atoms. The van der Waals surface area contributed by atoms with Crippen LogP contribution in [0.4, 0.5) is 5.69 Å². The van der Waals surface area contributed by atoms with Crippen LogP contribution in [0.15, 0.2) is 36.5 Å². The number of hydrogen-bond acceptors (Lipinski definition) is 4. The number of morpholine rings is 1. The van der Waals surface area contributed by atoms with E-state index in [1.54, 1.807) is 0 Å². The Bertz CT molecular complexity index is 868. The Hall–Kier alpha value is -2.40. The Labute approximate surface area is 173 Å². The lowest BCUT2D eigenvalue weighted by Crippen LogP contribution is -2.45. The molecule has 1 saturated heterocycles. The quantitative estimate of drug-likeness (QED) is 0.803. The predicted molar refractivity (Wildman–Crippen MR) is 116 cm³/mol. The fraction of sp³-hybridized carbons (Fsp3) is 0.500. The van der Waals surface area contributed by atoms with Gasteiger partial charge in [0.15, 0.2) is 0 Å². The molecule has 2 atom stereocenters. The van der Waals surface area contributed by atoms with Crippen molar-refractivity contribution in [2.24, 2.45) is 5.92 Å². The Balaban J connectivity index is 1.60. The van der Waals surface area contributed by atoms with Gasteiger partial charge in [0.2, 0.25) is 5.91 Å². The summed E-state index contributed by atoms with van der Waals surface area (Å²) in [5, 5.41) is 3.14. The minimum absolute atomic E-state index is 0.156. The Kier molecular flexibility index (Phi) is 5.86. The zero-order valence-electron chi connectivity index (χ0n) is 17.6.